The second kappa shape index (κ2) is 7.55. The van der Waals surface area contributed by atoms with Crippen LogP contribution in [-0.4, -0.2) is 37.0 Å². The molecule has 6 heteroatoms. The molecule has 0 aliphatic carbocycles. The van der Waals surface area contributed by atoms with Crippen LogP contribution in [0, 0.1) is 11.6 Å². The van der Waals surface area contributed by atoms with Gasteiger partial charge < -0.3 is 10.2 Å². The molecule has 2 rings (SSSR count). The van der Waals surface area contributed by atoms with E-state index in [9.17, 15) is 13.6 Å². The number of nitrogens with one attached hydrogen (secondary N) is 1. The van der Waals surface area contributed by atoms with Crippen LogP contribution in [0.3, 0.4) is 0 Å². The smallest absolute Gasteiger partial charge is 0.227 e. The fourth-order valence-corrected chi connectivity index (χ4v) is 2.54. The summed E-state index contributed by atoms with van der Waals surface area (Å²) in [6.45, 7) is 1.51. The van der Waals surface area contributed by atoms with Crippen molar-refractivity contribution < 1.29 is 13.6 Å². The van der Waals surface area contributed by atoms with E-state index in [0.29, 0.717) is 5.56 Å². The fourth-order valence-electron chi connectivity index (χ4n) is 2.54. The molecule has 1 fully saturated rings. The minimum Gasteiger partial charge on any atom is -0.338 e. The van der Waals surface area contributed by atoms with Crippen LogP contribution in [0.15, 0.2) is 18.2 Å². The van der Waals surface area contributed by atoms with Crippen LogP contribution in [0.5, 0.6) is 0 Å². The number of likely N-dealkylation sites (N-methyl/N-ethyl adjacent to an activating group) is 1. The minimum atomic E-state index is -0.904. The Kier molecular flexibility index (Phi) is 6.36. The van der Waals surface area contributed by atoms with E-state index < -0.39 is 11.6 Å². The van der Waals surface area contributed by atoms with Crippen LogP contribution in [0.2, 0.25) is 0 Å². The molecule has 20 heavy (non-hydrogen) atoms. The largest absolute Gasteiger partial charge is 0.338 e. The van der Waals surface area contributed by atoms with Gasteiger partial charge in [-0.2, -0.15) is 0 Å². The molecule has 3 nitrogen and oxygen atoms in total. The van der Waals surface area contributed by atoms with Crippen molar-refractivity contribution in [2.24, 2.45) is 0 Å². The van der Waals surface area contributed by atoms with Gasteiger partial charge in [-0.1, -0.05) is 6.07 Å². The Labute approximate surface area is 123 Å². The summed E-state index contributed by atoms with van der Waals surface area (Å²) in [4.78, 5) is 14.0. The molecular formula is C14H19ClF2N2O. The van der Waals surface area contributed by atoms with Crippen LogP contribution in [-0.2, 0) is 11.2 Å². The summed E-state index contributed by atoms with van der Waals surface area (Å²) in [7, 11) is 1.86. The van der Waals surface area contributed by atoms with Gasteiger partial charge in [-0.3, -0.25) is 4.79 Å². The van der Waals surface area contributed by atoms with E-state index in [1.165, 1.54) is 6.07 Å². The van der Waals surface area contributed by atoms with E-state index in [1.807, 2.05) is 11.9 Å². The molecule has 0 aromatic heterocycles. The van der Waals surface area contributed by atoms with Gasteiger partial charge in [-0.05, 0) is 37.6 Å². The Morgan fingerprint density at radius 1 is 1.40 bits per heavy atom. The Morgan fingerprint density at radius 2 is 2.15 bits per heavy atom. The van der Waals surface area contributed by atoms with Gasteiger partial charge in [0.15, 0.2) is 11.6 Å². The number of rotatable bonds is 4. The predicted molar refractivity (Wildman–Crippen MR) is 76.0 cm³/mol. The average molecular weight is 305 g/mol. The molecule has 1 atom stereocenters. The first-order chi connectivity index (χ1) is 9.11. The quantitative estimate of drug-likeness (QED) is 0.924. The van der Waals surface area contributed by atoms with Gasteiger partial charge >= 0.3 is 0 Å². The minimum absolute atomic E-state index is 0. The first kappa shape index (κ1) is 16.9. The number of hydrogen-bond donors (Lipinski definition) is 1. The molecule has 0 bridgehead atoms. The SMILES string of the molecule is CNCC1CCCN1C(=O)Cc1ccc(F)c(F)c1.Cl. The highest BCUT2D eigenvalue weighted by atomic mass is 35.5. The first-order valence-corrected chi connectivity index (χ1v) is 6.50. The topological polar surface area (TPSA) is 32.3 Å². The lowest BCUT2D eigenvalue weighted by atomic mass is 10.1. The summed E-state index contributed by atoms with van der Waals surface area (Å²) in [5.41, 5.74) is 0.513. The van der Waals surface area contributed by atoms with Crippen molar-refractivity contribution >= 4 is 18.3 Å². The molecule has 0 spiro atoms. The van der Waals surface area contributed by atoms with E-state index in [4.69, 9.17) is 0 Å². The molecule has 1 aliphatic rings. The van der Waals surface area contributed by atoms with Gasteiger partial charge in [0.05, 0.1) is 6.42 Å². The van der Waals surface area contributed by atoms with E-state index in [0.717, 1.165) is 38.1 Å². The maximum Gasteiger partial charge on any atom is 0.227 e. The Balaban J connectivity index is 0.00000200. The Bertz CT molecular complexity index is 470. The molecule has 1 aromatic rings. The standard InChI is InChI=1S/C14H18F2N2O.ClH/c1-17-9-11-3-2-6-18(11)14(19)8-10-4-5-12(15)13(16)7-10;/h4-5,7,11,17H,2-3,6,8-9H2,1H3;1H. The third kappa shape index (κ3) is 3.90. The summed E-state index contributed by atoms with van der Waals surface area (Å²) in [6.07, 6.45) is 2.11. The number of carbonyl (C=O) groups is 1. The van der Waals surface area contributed by atoms with Gasteiger partial charge in [0.25, 0.3) is 0 Å². The van der Waals surface area contributed by atoms with Crippen molar-refractivity contribution in [1.82, 2.24) is 10.2 Å². The number of nitrogens with zero attached hydrogens (tertiary/aromatic N) is 1. The fraction of sp³-hybridized carbons (Fsp3) is 0.500. The van der Waals surface area contributed by atoms with Crippen molar-refractivity contribution in [3.8, 4) is 0 Å². The zero-order valence-corrected chi connectivity index (χ0v) is 12.2. The lowest BCUT2D eigenvalue weighted by Crippen LogP contribution is -2.41. The second-order valence-electron chi connectivity index (χ2n) is 4.87. The number of halogens is 3. The average Bonchev–Trinajstić information content (AvgIpc) is 2.83. The zero-order chi connectivity index (χ0) is 13.8. The summed E-state index contributed by atoms with van der Waals surface area (Å²) >= 11 is 0. The molecular weight excluding hydrogens is 286 g/mol. The van der Waals surface area contributed by atoms with Crippen LogP contribution >= 0.6 is 12.4 Å². The van der Waals surface area contributed by atoms with E-state index >= 15 is 0 Å². The van der Waals surface area contributed by atoms with E-state index in [-0.39, 0.29) is 30.8 Å². The molecule has 1 amide bonds. The highest BCUT2D eigenvalue weighted by molar-refractivity contribution is 5.85. The van der Waals surface area contributed by atoms with E-state index in [2.05, 4.69) is 5.32 Å². The van der Waals surface area contributed by atoms with Gasteiger partial charge in [-0.15, -0.1) is 12.4 Å². The number of amides is 1. The highest BCUT2D eigenvalue weighted by Crippen LogP contribution is 2.18. The highest BCUT2D eigenvalue weighted by Gasteiger charge is 2.27. The summed E-state index contributed by atoms with van der Waals surface area (Å²) < 4.78 is 25.9. The van der Waals surface area contributed by atoms with Gasteiger partial charge in [0, 0.05) is 19.1 Å². The molecule has 1 aromatic carbocycles. The van der Waals surface area contributed by atoms with Crippen molar-refractivity contribution in [2.45, 2.75) is 25.3 Å². The number of likely N-dealkylation sites (tertiary alicyclic amines) is 1. The number of carbonyl (C=O) groups excluding carboxylic acids is 1. The van der Waals surface area contributed by atoms with E-state index in [1.54, 1.807) is 0 Å². The maximum atomic E-state index is 13.1. The van der Waals surface area contributed by atoms with Crippen molar-refractivity contribution in [3.05, 3.63) is 35.4 Å². The normalized spacial score (nSPS) is 17.9. The molecule has 1 saturated heterocycles. The maximum absolute atomic E-state index is 13.1. The molecule has 1 heterocycles. The third-order valence-electron chi connectivity index (χ3n) is 3.48. The van der Waals surface area contributed by atoms with Gasteiger partial charge in [-0.25, -0.2) is 8.78 Å². The molecule has 1 aliphatic heterocycles. The Hall–Kier alpha value is -1.20. The molecule has 1 unspecified atom stereocenters. The molecule has 0 radical (unpaired) electrons. The van der Waals surface area contributed by atoms with Crippen molar-refractivity contribution in [2.75, 3.05) is 20.1 Å². The van der Waals surface area contributed by atoms with Crippen LogP contribution in [0.4, 0.5) is 8.78 Å². The number of benzene rings is 1. The first-order valence-electron chi connectivity index (χ1n) is 6.50. The lowest BCUT2D eigenvalue weighted by molar-refractivity contribution is -0.131. The summed E-state index contributed by atoms with van der Waals surface area (Å²) in [5, 5.41) is 3.07. The summed E-state index contributed by atoms with van der Waals surface area (Å²) in [6, 6.07) is 3.82. The van der Waals surface area contributed by atoms with Gasteiger partial charge in [0.2, 0.25) is 5.91 Å². The van der Waals surface area contributed by atoms with Crippen LogP contribution in [0.1, 0.15) is 18.4 Å². The Morgan fingerprint density at radius 3 is 2.80 bits per heavy atom. The van der Waals surface area contributed by atoms with Crippen LogP contribution in [0.25, 0.3) is 0 Å². The van der Waals surface area contributed by atoms with Crippen LogP contribution < -0.4 is 5.32 Å². The van der Waals surface area contributed by atoms with Crippen molar-refractivity contribution in [3.63, 3.8) is 0 Å². The molecule has 0 saturated carbocycles. The zero-order valence-electron chi connectivity index (χ0n) is 11.4. The second-order valence-corrected chi connectivity index (χ2v) is 4.87. The monoisotopic (exact) mass is 304 g/mol. The predicted octanol–water partition coefficient (Wildman–Crippen LogP) is 2.14. The molecule has 1 N–H and O–H groups in total. The molecule has 112 valence electrons. The van der Waals surface area contributed by atoms with Crippen molar-refractivity contribution in [1.29, 1.82) is 0 Å². The number of hydrogen-bond acceptors (Lipinski definition) is 2. The van der Waals surface area contributed by atoms with Gasteiger partial charge in [0.1, 0.15) is 0 Å². The summed E-state index contributed by atoms with van der Waals surface area (Å²) in [5.74, 6) is -1.81. The lowest BCUT2D eigenvalue weighted by Gasteiger charge is -2.24. The third-order valence-corrected chi connectivity index (χ3v) is 3.48.